The van der Waals surface area contributed by atoms with Crippen molar-refractivity contribution in [3.8, 4) is 17.0 Å². The van der Waals surface area contributed by atoms with Gasteiger partial charge in [0.1, 0.15) is 16.5 Å². The first-order valence-electron chi connectivity index (χ1n) is 10.2. The first kappa shape index (κ1) is 26.6. The van der Waals surface area contributed by atoms with Gasteiger partial charge in [-0.1, -0.05) is 32.4 Å². The first-order chi connectivity index (χ1) is 14.3. The lowest BCUT2D eigenvalue weighted by Crippen LogP contribution is -2.27. The maximum atomic E-state index is 13.9. The molecule has 8 heteroatoms. The SMILES string of the molecule is CC(C)(C)OC(N)=O.Cc1nc(-c2cc(Cl)ncc2F)ccc1OCC(C)CC(C)C. The lowest BCUT2D eigenvalue weighted by Gasteiger charge is -2.16. The quantitative estimate of drug-likeness (QED) is 0.527. The predicted molar refractivity (Wildman–Crippen MR) is 122 cm³/mol. The van der Waals surface area contributed by atoms with Crippen LogP contribution in [0.5, 0.6) is 5.75 Å². The van der Waals surface area contributed by atoms with Gasteiger partial charge >= 0.3 is 6.09 Å². The van der Waals surface area contributed by atoms with E-state index in [1.54, 1.807) is 26.8 Å². The molecule has 2 aromatic heterocycles. The summed E-state index contributed by atoms with van der Waals surface area (Å²) >= 11 is 5.83. The number of carbonyl (C=O) groups is 1. The van der Waals surface area contributed by atoms with E-state index < -0.39 is 17.5 Å². The number of nitrogens with zero attached hydrogens (tertiary/aromatic N) is 2. The van der Waals surface area contributed by atoms with Crippen molar-refractivity contribution in [2.45, 2.75) is 60.5 Å². The minimum Gasteiger partial charge on any atom is -0.491 e. The Morgan fingerprint density at radius 1 is 1.26 bits per heavy atom. The van der Waals surface area contributed by atoms with Gasteiger partial charge in [-0.05, 0) is 64.2 Å². The molecule has 0 aliphatic heterocycles. The summed E-state index contributed by atoms with van der Waals surface area (Å²) in [5, 5.41) is 0.240. The highest BCUT2D eigenvalue weighted by atomic mass is 35.5. The van der Waals surface area contributed by atoms with Crippen LogP contribution in [0.4, 0.5) is 9.18 Å². The van der Waals surface area contributed by atoms with Gasteiger partial charge in [-0.3, -0.25) is 0 Å². The average molecular weight is 454 g/mol. The van der Waals surface area contributed by atoms with Crippen LogP contribution in [0.25, 0.3) is 11.3 Å². The monoisotopic (exact) mass is 453 g/mol. The Kier molecular flexibility index (Phi) is 10.2. The summed E-state index contributed by atoms with van der Waals surface area (Å²) in [6.45, 7) is 14.4. The van der Waals surface area contributed by atoms with E-state index in [2.05, 4.69) is 35.5 Å². The highest BCUT2D eigenvalue weighted by Crippen LogP contribution is 2.27. The molecule has 0 saturated heterocycles. The fourth-order valence-electron chi connectivity index (χ4n) is 2.87. The molecule has 2 rings (SSSR count). The zero-order chi connectivity index (χ0) is 23.8. The summed E-state index contributed by atoms with van der Waals surface area (Å²) in [4.78, 5) is 18.2. The number of hydrogen-bond donors (Lipinski definition) is 1. The number of hydrogen-bond acceptors (Lipinski definition) is 5. The maximum Gasteiger partial charge on any atom is 0.405 e. The van der Waals surface area contributed by atoms with Gasteiger partial charge in [-0.25, -0.2) is 19.2 Å². The van der Waals surface area contributed by atoms with E-state index in [9.17, 15) is 9.18 Å². The van der Waals surface area contributed by atoms with Crippen molar-refractivity contribution in [1.29, 1.82) is 0 Å². The van der Waals surface area contributed by atoms with E-state index in [0.29, 0.717) is 29.7 Å². The van der Waals surface area contributed by atoms with E-state index in [0.717, 1.165) is 24.1 Å². The van der Waals surface area contributed by atoms with Gasteiger partial charge in [-0.2, -0.15) is 0 Å². The molecule has 0 aliphatic carbocycles. The predicted octanol–water partition coefficient (Wildman–Crippen LogP) is 6.19. The molecule has 0 aromatic carbocycles. The number of aromatic nitrogens is 2. The molecular formula is C23H33ClFN3O3. The molecule has 1 atom stereocenters. The lowest BCUT2D eigenvalue weighted by molar-refractivity contribution is 0.0600. The second-order valence-electron chi connectivity index (χ2n) is 8.85. The van der Waals surface area contributed by atoms with Crippen LogP contribution in [0.3, 0.4) is 0 Å². The van der Waals surface area contributed by atoms with E-state index in [1.165, 1.54) is 6.07 Å². The number of pyridine rings is 2. The Hall–Kier alpha value is -2.41. The molecular weight excluding hydrogens is 421 g/mol. The Bertz CT molecular complexity index is 870. The molecule has 1 amide bonds. The molecule has 2 aromatic rings. The Labute approximate surface area is 189 Å². The molecule has 0 radical (unpaired) electrons. The number of aryl methyl sites for hydroxylation is 1. The van der Waals surface area contributed by atoms with Crippen molar-refractivity contribution >= 4 is 17.7 Å². The standard InChI is InChI=1S/C18H22ClFN2O.C5H11NO2/c1-11(2)7-12(3)10-23-17-6-5-16(22-13(17)4)14-8-18(19)21-9-15(14)20;1-5(2,3)8-4(6)7/h5-6,8-9,11-12H,7,10H2,1-4H3;1-3H3,(H2,6,7). The molecule has 6 nitrogen and oxygen atoms in total. The number of halogens is 2. The third kappa shape index (κ3) is 10.4. The normalized spacial score (nSPS) is 12.1. The van der Waals surface area contributed by atoms with Gasteiger partial charge in [0.2, 0.25) is 0 Å². The van der Waals surface area contributed by atoms with Gasteiger partial charge in [0.15, 0.2) is 5.82 Å². The van der Waals surface area contributed by atoms with Crippen molar-refractivity contribution in [2.75, 3.05) is 6.61 Å². The van der Waals surface area contributed by atoms with Crippen LogP contribution in [0, 0.1) is 24.6 Å². The molecule has 0 fully saturated rings. The molecule has 0 saturated carbocycles. The van der Waals surface area contributed by atoms with Crippen LogP contribution in [0.1, 0.15) is 53.7 Å². The van der Waals surface area contributed by atoms with Gasteiger partial charge in [0, 0.05) is 5.56 Å². The number of ether oxygens (including phenoxy) is 2. The van der Waals surface area contributed by atoms with Crippen LogP contribution in [0.2, 0.25) is 5.15 Å². The van der Waals surface area contributed by atoms with E-state index >= 15 is 0 Å². The summed E-state index contributed by atoms with van der Waals surface area (Å²) in [6, 6.07) is 5.04. The summed E-state index contributed by atoms with van der Waals surface area (Å²) in [5.74, 6) is 1.41. The zero-order valence-corrected chi connectivity index (χ0v) is 20.1. The molecule has 0 aliphatic rings. The van der Waals surface area contributed by atoms with Crippen molar-refractivity contribution in [3.05, 3.63) is 41.1 Å². The van der Waals surface area contributed by atoms with Gasteiger partial charge in [-0.15, -0.1) is 0 Å². The third-order valence-electron chi connectivity index (χ3n) is 3.94. The molecule has 1 unspecified atom stereocenters. The minimum absolute atomic E-state index is 0.240. The minimum atomic E-state index is -0.725. The Balaban J connectivity index is 0.000000512. The molecule has 172 valence electrons. The van der Waals surface area contributed by atoms with Gasteiger partial charge in [0.05, 0.1) is 24.2 Å². The highest BCUT2D eigenvalue weighted by Gasteiger charge is 2.13. The summed E-state index contributed by atoms with van der Waals surface area (Å²) in [5.41, 5.74) is 5.85. The van der Waals surface area contributed by atoms with E-state index in [4.69, 9.17) is 22.1 Å². The Morgan fingerprint density at radius 2 is 1.90 bits per heavy atom. The fourth-order valence-corrected chi connectivity index (χ4v) is 3.02. The largest absolute Gasteiger partial charge is 0.491 e. The lowest BCUT2D eigenvalue weighted by atomic mass is 10.00. The molecule has 0 bridgehead atoms. The van der Waals surface area contributed by atoms with E-state index in [1.807, 2.05) is 13.0 Å². The summed E-state index contributed by atoms with van der Waals surface area (Å²) in [6.07, 6.45) is 1.50. The topological polar surface area (TPSA) is 87.3 Å². The number of nitrogens with two attached hydrogens (primary N) is 1. The third-order valence-corrected chi connectivity index (χ3v) is 4.15. The molecule has 31 heavy (non-hydrogen) atoms. The van der Waals surface area contributed by atoms with E-state index in [-0.39, 0.29) is 5.15 Å². The number of amides is 1. The van der Waals surface area contributed by atoms with Crippen LogP contribution in [0.15, 0.2) is 24.4 Å². The van der Waals surface area contributed by atoms with Crippen molar-refractivity contribution < 1.29 is 18.7 Å². The fraction of sp³-hybridized carbons (Fsp3) is 0.522. The number of primary amides is 1. The van der Waals surface area contributed by atoms with Crippen molar-refractivity contribution in [2.24, 2.45) is 17.6 Å². The van der Waals surface area contributed by atoms with Crippen LogP contribution in [-0.2, 0) is 4.74 Å². The maximum absolute atomic E-state index is 13.9. The summed E-state index contributed by atoms with van der Waals surface area (Å²) in [7, 11) is 0. The van der Waals surface area contributed by atoms with Crippen LogP contribution in [-0.4, -0.2) is 28.3 Å². The number of carbonyl (C=O) groups excluding carboxylic acids is 1. The first-order valence-corrected chi connectivity index (χ1v) is 10.6. The highest BCUT2D eigenvalue weighted by molar-refractivity contribution is 6.29. The van der Waals surface area contributed by atoms with Crippen molar-refractivity contribution in [1.82, 2.24) is 9.97 Å². The molecule has 2 heterocycles. The van der Waals surface area contributed by atoms with Crippen LogP contribution >= 0.6 is 11.6 Å². The molecule has 2 N–H and O–H groups in total. The smallest absolute Gasteiger partial charge is 0.405 e. The van der Waals surface area contributed by atoms with Crippen molar-refractivity contribution in [3.63, 3.8) is 0 Å². The second-order valence-corrected chi connectivity index (χ2v) is 9.23. The number of rotatable bonds is 6. The van der Waals surface area contributed by atoms with Crippen LogP contribution < -0.4 is 10.5 Å². The second kappa shape index (κ2) is 11.8. The van der Waals surface area contributed by atoms with Gasteiger partial charge in [0.25, 0.3) is 0 Å². The molecule has 0 spiro atoms. The van der Waals surface area contributed by atoms with Gasteiger partial charge < -0.3 is 15.2 Å². The zero-order valence-electron chi connectivity index (χ0n) is 19.3. The Morgan fingerprint density at radius 3 is 2.39 bits per heavy atom. The average Bonchev–Trinajstić information content (AvgIpc) is 2.60. The summed E-state index contributed by atoms with van der Waals surface area (Å²) < 4.78 is 24.3.